The van der Waals surface area contributed by atoms with Gasteiger partial charge in [0, 0.05) is 12.6 Å². The summed E-state index contributed by atoms with van der Waals surface area (Å²) in [7, 11) is 0. The number of benzene rings is 1. The first-order chi connectivity index (χ1) is 7.72. The molecule has 3 nitrogen and oxygen atoms in total. The van der Waals surface area contributed by atoms with Gasteiger partial charge in [0.2, 0.25) is 5.91 Å². The Balaban J connectivity index is 2.44. The number of nitrogens with one attached hydrogen (secondary N) is 1. The third-order valence-corrected chi connectivity index (χ3v) is 1.96. The smallest absolute Gasteiger partial charge is 0.243 e. The Kier molecular flexibility index (Phi) is 5.22. The highest BCUT2D eigenvalue weighted by Crippen LogP contribution is 2.04. The van der Waals surface area contributed by atoms with Crippen molar-refractivity contribution in [2.75, 3.05) is 13.1 Å². The minimum atomic E-state index is -0.314. The molecule has 1 amide bonds. The molecule has 0 aliphatic rings. The summed E-state index contributed by atoms with van der Waals surface area (Å²) in [6, 6.07) is 6.05. The maximum Gasteiger partial charge on any atom is 0.243 e. The van der Waals surface area contributed by atoms with Crippen molar-refractivity contribution in [3.05, 3.63) is 41.7 Å². The molecule has 3 N–H and O–H groups in total. The molecule has 0 aliphatic heterocycles. The summed E-state index contributed by atoms with van der Waals surface area (Å²) in [5.74, 6) is -0.511. The number of carbonyl (C=O) groups is 1. The van der Waals surface area contributed by atoms with Gasteiger partial charge in [0.25, 0.3) is 0 Å². The van der Waals surface area contributed by atoms with E-state index in [-0.39, 0.29) is 11.7 Å². The SMILES string of the molecule is NCCCNC(=O)/C=C/c1cccc(F)c1. The van der Waals surface area contributed by atoms with Gasteiger partial charge in [0.15, 0.2) is 0 Å². The molecular weight excluding hydrogens is 207 g/mol. The molecule has 1 aromatic rings. The molecule has 4 heteroatoms. The van der Waals surface area contributed by atoms with Crippen LogP contribution < -0.4 is 11.1 Å². The Morgan fingerprint density at radius 1 is 1.50 bits per heavy atom. The predicted molar refractivity (Wildman–Crippen MR) is 62.1 cm³/mol. The maximum absolute atomic E-state index is 12.8. The normalized spacial score (nSPS) is 10.6. The average Bonchev–Trinajstić information content (AvgIpc) is 2.27. The van der Waals surface area contributed by atoms with E-state index in [9.17, 15) is 9.18 Å². The zero-order valence-corrected chi connectivity index (χ0v) is 8.95. The fraction of sp³-hybridized carbons (Fsp3) is 0.250. The van der Waals surface area contributed by atoms with Gasteiger partial charge in [0.1, 0.15) is 5.82 Å². The van der Waals surface area contributed by atoms with Gasteiger partial charge >= 0.3 is 0 Å². The second-order valence-electron chi connectivity index (χ2n) is 3.32. The molecule has 86 valence electrons. The first-order valence-electron chi connectivity index (χ1n) is 5.14. The lowest BCUT2D eigenvalue weighted by atomic mass is 10.2. The van der Waals surface area contributed by atoms with Crippen LogP contribution in [-0.4, -0.2) is 19.0 Å². The van der Waals surface area contributed by atoms with Crippen LogP contribution in [0.3, 0.4) is 0 Å². The quantitative estimate of drug-likeness (QED) is 0.583. The lowest BCUT2D eigenvalue weighted by molar-refractivity contribution is -0.116. The molecule has 0 heterocycles. The first kappa shape index (κ1) is 12.4. The summed E-state index contributed by atoms with van der Waals surface area (Å²) >= 11 is 0. The molecule has 0 saturated carbocycles. The number of rotatable bonds is 5. The standard InChI is InChI=1S/C12H15FN2O/c13-11-4-1-3-10(9-11)5-6-12(16)15-8-2-7-14/h1,3-6,9H,2,7-8,14H2,(H,15,16)/b6-5+. The number of hydrogen-bond acceptors (Lipinski definition) is 2. The number of carbonyl (C=O) groups excluding carboxylic acids is 1. The van der Waals surface area contributed by atoms with Gasteiger partial charge in [-0.15, -0.1) is 0 Å². The zero-order chi connectivity index (χ0) is 11.8. The molecule has 0 aromatic heterocycles. The monoisotopic (exact) mass is 222 g/mol. The molecule has 0 aliphatic carbocycles. The van der Waals surface area contributed by atoms with Crippen LogP contribution in [0, 0.1) is 5.82 Å². The zero-order valence-electron chi connectivity index (χ0n) is 8.95. The van der Waals surface area contributed by atoms with Gasteiger partial charge < -0.3 is 11.1 Å². The van der Waals surface area contributed by atoms with Crippen molar-refractivity contribution in [1.82, 2.24) is 5.32 Å². The summed E-state index contributed by atoms with van der Waals surface area (Å²) in [4.78, 5) is 11.2. The van der Waals surface area contributed by atoms with E-state index in [1.807, 2.05) is 0 Å². The van der Waals surface area contributed by atoms with Crippen molar-refractivity contribution in [3.8, 4) is 0 Å². The van der Waals surface area contributed by atoms with E-state index in [0.29, 0.717) is 18.7 Å². The molecule has 1 rings (SSSR count). The number of halogens is 1. The van der Waals surface area contributed by atoms with Crippen molar-refractivity contribution >= 4 is 12.0 Å². The van der Waals surface area contributed by atoms with E-state index in [4.69, 9.17) is 5.73 Å². The second kappa shape index (κ2) is 6.74. The van der Waals surface area contributed by atoms with E-state index in [1.54, 1.807) is 18.2 Å². The van der Waals surface area contributed by atoms with Gasteiger partial charge in [-0.3, -0.25) is 4.79 Å². The molecule has 0 saturated heterocycles. The Hall–Kier alpha value is -1.68. The highest BCUT2D eigenvalue weighted by atomic mass is 19.1. The summed E-state index contributed by atoms with van der Waals surface area (Å²) in [6.45, 7) is 1.11. The van der Waals surface area contributed by atoms with E-state index in [1.165, 1.54) is 18.2 Å². The van der Waals surface area contributed by atoms with Crippen LogP contribution in [0.5, 0.6) is 0 Å². The summed E-state index contributed by atoms with van der Waals surface area (Å²) in [5.41, 5.74) is 5.95. The van der Waals surface area contributed by atoms with E-state index in [2.05, 4.69) is 5.32 Å². The molecule has 0 bridgehead atoms. The minimum absolute atomic E-state index is 0.197. The molecule has 0 radical (unpaired) electrons. The second-order valence-corrected chi connectivity index (χ2v) is 3.32. The largest absolute Gasteiger partial charge is 0.353 e. The fourth-order valence-electron chi connectivity index (χ4n) is 1.15. The van der Waals surface area contributed by atoms with Crippen molar-refractivity contribution in [2.45, 2.75) is 6.42 Å². The number of amides is 1. The molecule has 16 heavy (non-hydrogen) atoms. The molecule has 0 atom stereocenters. The molecule has 0 fully saturated rings. The third kappa shape index (κ3) is 4.70. The van der Waals surface area contributed by atoms with Crippen molar-refractivity contribution in [2.24, 2.45) is 5.73 Å². The Morgan fingerprint density at radius 2 is 2.31 bits per heavy atom. The predicted octanol–water partition coefficient (Wildman–Crippen LogP) is 1.30. The maximum atomic E-state index is 12.8. The summed E-state index contributed by atoms with van der Waals surface area (Å²) in [5, 5.41) is 2.67. The van der Waals surface area contributed by atoms with Crippen LogP contribution in [0.25, 0.3) is 6.08 Å². The molecular formula is C12H15FN2O. The van der Waals surface area contributed by atoms with Crippen LogP contribution in [0.1, 0.15) is 12.0 Å². The van der Waals surface area contributed by atoms with Gasteiger partial charge in [0.05, 0.1) is 0 Å². The lowest BCUT2D eigenvalue weighted by Crippen LogP contribution is -2.23. The highest BCUT2D eigenvalue weighted by molar-refractivity contribution is 5.91. The third-order valence-electron chi connectivity index (χ3n) is 1.96. The summed E-state index contributed by atoms with van der Waals surface area (Å²) in [6.07, 6.45) is 3.70. The van der Waals surface area contributed by atoms with Crippen molar-refractivity contribution < 1.29 is 9.18 Å². The van der Waals surface area contributed by atoms with Crippen LogP contribution in [0.4, 0.5) is 4.39 Å². The topological polar surface area (TPSA) is 55.1 Å². The van der Waals surface area contributed by atoms with Crippen LogP contribution in [0.15, 0.2) is 30.3 Å². The van der Waals surface area contributed by atoms with Crippen LogP contribution in [-0.2, 0) is 4.79 Å². The Bertz CT molecular complexity index is 377. The fourth-order valence-corrected chi connectivity index (χ4v) is 1.15. The first-order valence-corrected chi connectivity index (χ1v) is 5.14. The van der Waals surface area contributed by atoms with E-state index < -0.39 is 0 Å². The Morgan fingerprint density at radius 3 is 3.00 bits per heavy atom. The highest BCUT2D eigenvalue weighted by Gasteiger charge is 1.94. The Labute approximate surface area is 94.1 Å². The minimum Gasteiger partial charge on any atom is -0.353 e. The van der Waals surface area contributed by atoms with Crippen LogP contribution in [0.2, 0.25) is 0 Å². The number of nitrogens with two attached hydrogens (primary N) is 1. The lowest BCUT2D eigenvalue weighted by Gasteiger charge is -1.99. The number of hydrogen-bond donors (Lipinski definition) is 2. The van der Waals surface area contributed by atoms with Gasteiger partial charge in [-0.25, -0.2) is 4.39 Å². The van der Waals surface area contributed by atoms with Crippen molar-refractivity contribution in [3.63, 3.8) is 0 Å². The molecule has 1 aromatic carbocycles. The molecule has 0 spiro atoms. The van der Waals surface area contributed by atoms with Gasteiger partial charge in [-0.2, -0.15) is 0 Å². The van der Waals surface area contributed by atoms with Gasteiger partial charge in [-0.05, 0) is 36.7 Å². The van der Waals surface area contributed by atoms with Crippen LogP contribution >= 0.6 is 0 Å². The van der Waals surface area contributed by atoms with Crippen molar-refractivity contribution in [1.29, 1.82) is 0 Å². The molecule has 0 unspecified atom stereocenters. The summed E-state index contributed by atoms with van der Waals surface area (Å²) < 4.78 is 12.8. The van der Waals surface area contributed by atoms with Gasteiger partial charge in [-0.1, -0.05) is 12.1 Å². The van der Waals surface area contributed by atoms with E-state index in [0.717, 1.165) is 6.42 Å². The van der Waals surface area contributed by atoms with E-state index >= 15 is 0 Å². The average molecular weight is 222 g/mol.